The molecule has 0 aliphatic carbocycles. The van der Waals surface area contributed by atoms with Gasteiger partial charge in [0.05, 0.1) is 12.0 Å². The van der Waals surface area contributed by atoms with Crippen molar-refractivity contribution in [3.05, 3.63) is 66.2 Å². The number of carbonyl (C=O) groups is 3. The molecular formula is C22H23N2O5-. The molecule has 1 aliphatic rings. The molecule has 1 fully saturated rings. The van der Waals surface area contributed by atoms with Crippen LogP contribution in [0.15, 0.2) is 60.7 Å². The van der Waals surface area contributed by atoms with Crippen LogP contribution in [-0.4, -0.2) is 47.9 Å². The van der Waals surface area contributed by atoms with Crippen LogP contribution >= 0.6 is 0 Å². The lowest BCUT2D eigenvalue weighted by molar-refractivity contribution is -0.308. The minimum Gasteiger partial charge on any atom is -0.548 e. The van der Waals surface area contributed by atoms with E-state index < -0.39 is 24.0 Å². The summed E-state index contributed by atoms with van der Waals surface area (Å²) < 4.78 is 5.48. The average Bonchev–Trinajstić information content (AvgIpc) is 3.23. The van der Waals surface area contributed by atoms with Crippen molar-refractivity contribution in [1.29, 1.82) is 0 Å². The molecule has 152 valence electrons. The number of carboxylic acids is 1. The van der Waals surface area contributed by atoms with Crippen molar-refractivity contribution in [3.63, 3.8) is 0 Å². The molecule has 0 bridgehead atoms. The van der Waals surface area contributed by atoms with E-state index in [0.717, 1.165) is 5.56 Å². The third-order valence-electron chi connectivity index (χ3n) is 4.86. The summed E-state index contributed by atoms with van der Waals surface area (Å²) in [4.78, 5) is 38.2. The Morgan fingerprint density at radius 1 is 1.07 bits per heavy atom. The molecule has 1 saturated heterocycles. The molecule has 0 radical (unpaired) electrons. The van der Waals surface area contributed by atoms with Gasteiger partial charge in [0, 0.05) is 6.54 Å². The first-order valence-corrected chi connectivity index (χ1v) is 9.57. The highest BCUT2D eigenvalue weighted by Crippen LogP contribution is 2.19. The number of likely N-dealkylation sites (tertiary alicyclic amines) is 1. The maximum absolute atomic E-state index is 12.7. The number of rotatable bonds is 8. The SMILES string of the molecule is O=C(N[C@H](Cc1ccccc1)C(=O)[O-])[C@H]1CCCN1C(=O)COc1ccccc1. The molecule has 29 heavy (non-hydrogen) atoms. The van der Waals surface area contributed by atoms with Crippen LogP contribution in [0, 0.1) is 0 Å². The lowest BCUT2D eigenvalue weighted by Gasteiger charge is -2.27. The molecule has 0 aromatic heterocycles. The monoisotopic (exact) mass is 395 g/mol. The molecular weight excluding hydrogens is 372 g/mol. The van der Waals surface area contributed by atoms with E-state index in [1.165, 1.54) is 4.90 Å². The summed E-state index contributed by atoms with van der Waals surface area (Å²) in [5, 5.41) is 14.0. The second kappa shape index (κ2) is 9.73. The zero-order valence-corrected chi connectivity index (χ0v) is 16.0. The number of hydrogen-bond donors (Lipinski definition) is 1. The fourth-order valence-corrected chi connectivity index (χ4v) is 3.39. The van der Waals surface area contributed by atoms with Crippen LogP contribution in [-0.2, 0) is 20.8 Å². The summed E-state index contributed by atoms with van der Waals surface area (Å²) in [6.07, 6.45) is 1.27. The second-order valence-electron chi connectivity index (χ2n) is 6.92. The number of para-hydroxylation sites is 1. The minimum absolute atomic E-state index is 0.118. The summed E-state index contributed by atoms with van der Waals surface area (Å²) in [6, 6.07) is 16.1. The van der Waals surface area contributed by atoms with Gasteiger partial charge in [-0.15, -0.1) is 0 Å². The molecule has 2 aromatic rings. The smallest absolute Gasteiger partial charge is 0.261 e. The third-order valence-corrected chi connectivity index (χ3v) is 4.86. The summed E-state index contributed by atoms with van der Waals surface area (Å²) >= 11 is 0. The highest BCUT2D eigenvalue weighted by atomic mass is 16.5. The summed E-state index contributed by atoms with van der Waals surface area (Å²) in [5.74, 6) is -1.58. The maximum atomic E-state index is 12.7. The molecule has 0 unspecified atom stereocenters. The predicted octanol–water partition coefficient (Wildman–Crippen LogP) is 0.534. The molecule has 7 nitrogen and oxygen atoms in total. The van der Waals surface area contributed by atoms with Gasteiger partial charge in [0.15, 0.2) is 6.61 Å². The van der Waals surface area contributed by atoms with Gasteiger partial charge >= 0.3 is 0 Å². The van der Waals surface area contributed by atoms with Crippen LogP contribution in [0.3, 0.4) is 0 Å². The van der Waals surface area contributed by atoms with Crippen molar-refractivity contribution in [3.8, 4) is 5.75 Å². The Kier molecular flexibility index (Phi) is 6.84. The van der Waals surface area contributed by atoms with Crippen LogP contribution in [0.1, 0.15) is 18.4 Å². The van der Waals surface area contributed by atoms with Crippen LogP contribution < -0.4 is 15.2 Å². The fourth-order valence-electron chi connectivity index (χ4n) is 3.39. The van der Waals surface area contributed by atoms with E-state index in [2.05, 4.69) is 5.32 Å². The molecule has 1 heterocycles. The topological polar surface area (TPSA) is 98.8 Å². The van der Waals surface area contributed by atoms with Crippen LogP contribution in [0.2, 0.25) is 0 Å². The summed E-state index contributed by atoms with van der Waals surface area (Å²) in [6.45, 7) is 0.255. The van der Waals surface area contributed by atoms with Gasteiger partial charge in [0.25, 0.3) is 5.91 Å². The number of aliphatic carboxylic acids is 1. The standard InChI is InChI=1S/C22H24N2O5/c25-20(15-29-17-10-5-2-6-11-17)24-13-7-12-19(24)21(26)23-18(22(27)28)14-16-8-3-1-4-9-16/h1-6,8-11,18-19H,7,12-15H2,(H,23,26)(H,27,28)/p-1/t18-,19-/m1/s1. The number of carbonyl (C=O) groups excluding carboxylic acids is 3. The predicted molar refractivity (Wildman–Crippen MR) is 104 cm³/mol. The van der Waals surface area contributed by atoms with Crippen molar-refractivity contribution < 1.29 is 24.2 Å². The Bertz CT molecular complexity index is 841. The fraction of sp³-hybridized carbons (Fsp3) is 0.318. The number of carboxylic acid groups (broad SMARTS) is 1. The Morgan fingerprint density at radius 2 is 1.72 bits per heavy atom. The van der Waals surface area contributed by atoms with Gasteiger partial charge in [-0.3, -0.25) is 9.59 Å². The van der Waals surface area contributed by atoms with Gasteiger partial charge < -0.3 is 24.9 Å². The number of benzene rings is 2. The zero-order valence-electron chi connectivity index (χ0n) is 16.0. The van der Waals surface area contributed by atoms with Gasteiger partial charge in [-0.05, 0) is 37.0 Å². The highest BCUT2D eigenvalue weighted by Gasteiger charge is 2.35. The van der Waals surface area contributed by atoms with Gasteiger partial charge in [-0.25, -0.2) is 0 Å². The van der Waals surface area contributed by atoms with Gasteiger partial charge in [0.1, 0.15) is 11.8 Å². The van der Waals surface area contributed by atoms with Gasteiger partial charge in [0.2, 0.25) is 5.91 Å². The lowest BCUT2D eigenvalue weighted by atomic mass is 10.1. The molecule has 0 spiro atoms. The average molecular weight is 395 g/mol. The maximum Gasteiger partial charge on any atom is 0.261 e. The molecule has 3 rings (SSSR count). The number of hydrogen-bond acceptors (Lipinski definition) is 5. The Balaban J connectivity index is 1.59. The lowest BCUT2D eigenvalue weighted by Crippen LogP contribution is -2.55. The van der Waals surface area contributed by atoms with E-state index in [1.54, 1.807) is 48.5 Å². The van der Waals surface area contributed by atoms with E-state index in [1.807, 2.05) is 12.1 Å². The number of nitrogens with zero attached hydrogens (tertiary/aromatic N) is 1. The van der Waals surface area contributed by atoms with E-state index in [9.17, 15) is 19.5 Å². The van der Waals surface area contributed by atoms with Crippen LogP contribution in [0.5, 0.6) is 5.75 Å². The van der Waals surface area contributed by atoms with Crippen LogP contribution in [0.4, 0.5) is 0 Å². The number of ether oxygens (including phenoxy) is 1. The van der Waals surface area contributed by atoms with Crippen molar-refractivity contribution in [2.45, 2.75) is 31.3 Å². The molecule has 7 heteroatoms. The summed E-state index contributed by atoms with van der Waals surface area (Å²) in [7, 11) is 0. The Hall–Kier alpha value is -3.35. The van der Waals surface area contributed by atoms with Gasteiger partial charge in [-0.1, -0.05) is 48.5 Å². The number of nitrogens with one attached hydrogen (secondary N) is 1. The normalized spacial score (nSPS) is 16.8. The number of amides is 2. The van der Waals surface area contributed by atoms with Crippen molar-refractivity contribution in [2.75, 3.05) is 13.2 Å². The van der Waals surface area contributed by atoms with E-state index in [4.69, 9.17) is 4.74 Å². The molecule has 0 saturated carbocycles. The van der Waals surface area contributed by atoms with E-state index >= 15 is 0 Å². The quantitative estimate of drug-likeness (QED) is 0.703. The highest BCUT2D eigenvalue weighted by molar-refractivity contribution is 5.91. The summed E-state index contributed by atoms with van der Waals surface area (Å²) in [5.41, 5.74) is 0.776. The molecule has 2 atom stereocenters. The second-order valence-corrected chi connectivity index (χ2v) is 6.92. The Morgan fingerprint density at radius 3 is 2.38 bits per heavy atom. The van der Waals surface area contributed by atoms with Gasteiger partial charge in [-0.2, -0.15) is 0 Å². The molecule has 2 aromatic carbocycles. The molecule has 1 aliphatic heterocycles. The van der Waals surface area contributed by atoms with Crippen molar-refractivity contribution in [1.82, 2.24) is 10.2 Å². The Labute approximate surface area is 169 Å². The van der Waals surface area contributed by atoms with Crippen molar-refractivity contribution >= 4 is 17.8 Å². The first kappa shape index (κ1) is 20.4. The zero-order chi connectivity index (χ0) is 20.6. The first-order valence-electron chi connectivity index (χ1n) is 9.57. The molecule has 1 N–H and O–H groups in total. The largest absolute Gasteiger partial charge is 0.548 e. The van der Waals surface area contributed by atoms with E-state index in [-0.39, 0.29) is 18.9 Å². The first-order chi connectivity index (χ1) is 14.0. The van der Waals surface area contributed by atoms with E-state index in [0.29, 0.717) is 25.1 Å². The van der Waals surface area contributed by atoms with Crippen LogP contribution in [0.25, 0.3) is 0 Å². The molecule has 2 amide bonds. The van der Waals surface area contributed by atoms with Crippen molar-refractivity contribution in [2.24, 2.45) is 0 Å². The third kappa shape index (κ3) is 5.57. The minimum atomic E-state index is -1.36.